The maximum atomic E-state index is 15.8. The summed E-state index contributed by atoms with van der Waals surface area (Å²) in [4.78, 5) is 15.7. The molecular weight excluding hydrogens is 877 g/mol. The normalized spacial score (nSPS) is 21.5. The minimum absolute atomic E-state index is 0.398. The van der Waals surface area contributed by atoms with E-state index < -0.39 is 17.2 Å². The molecule has 0 unspecified atom stereocenters. The van der Waals surface area contributed by atoms with E-state index in [1.54, 1.807) is 59.9 Å². The summed E-state index contributed by atoms with van der Waals surface area (Å²) in [7, 11) is 0. The molecule has 0 amide bonds. The Hall–Kier alpha value is -9.15. The fourth-order valence-corrected chi connectivity index (χ4v) is 24.2. The summed E-state index contributed by atoms with van der Waals surface area (Å²) in [6.07, 6.45) is 3.57. The molecule has 3 heteroatoms. The molecule has 0 saturated carbocycles. The van der Waals surface area contributed by atoms with Crippen LogP contribution in [0.2, 0.25) is 0 Å². The van der Waals surface area contributed by atoms with E-state index in [1.165, 1.54) is 237 Å². The second kappa shape index (κ2) is 6.29. The quantitative estimate of drug-likeness (QED) is 0.109. The Morgan fingerprint density at radius 3 is 0.708 bits per heavy atom. The molecule has 0 spiro atoms. The van der Waals surface area contributed by atoms with Gasteiger partial charge in [0.1, 0.15) is 0 Å². The summed E-state index contributed by atoms with van der Waals surface area (Å²) in [5.74, 6) is -0.398. The van der Waals surface area contributed by atoms with Crippen LogP contribution in [-0.2, 0) is 20.7 Å². The van der Waals surface area contributed by atoms with Crippen molar-refractivity contribution in [2.24, 2.45) is 0 Å². The van der Waals surface area contributed by atoms with Crippen molar-refractivity contribution < 1.29 is 14.6 Å². The first-order chi connectivity index (χ1) is 35.7. The van der Waals surface area contributed by atoms with E-state index in [0.29, 0.717) is 0 Å². The van der Waals surface area contributed by atoms with Gasteiger partial charge in [-0.2, -0.15) is 0 Å². The molecule has 4 aliphatic rings. The van der Waals surface area contributed by atoms with Gasteiger partial charge in [0.05, 0.1) is 0 Å². The Morgan fingerprint density at radius 2 is 0.486 bits per heavy atom. The number of hydrogen-bond donors (Lipinski definition) is 1. The van der Waals surface area contributed by atoms with Crippen molar-refractivity contribution in [3.8, 4) is 0 Å². The van der Waals surface area contributed by atoms with E-state index in [4.69, 9.17) is 4.74 Å². The first-order valence-corrected chi connectivity index (χ1v) is 26.2. The topological polar surface area (TPSA) is 46.5 Å². The van der Waals surface area contributed by atoms with Crippen molar-refractivity contribution in [1.29, 1.82) is 0 Å². The van der Waals surface area contributed by atoms with Gasteiger partial charge in [0, 0.05) is 28.3 Å². The molecule has 29 aromatic carbocycles. The van der Waals surface area contributed by atoms with E-state index >= 15 is 9.90 Å². The number of aliphatic hydroxyl groups is 1. The van der Waals surface area contributed by atoms with Crippen LogP contribution in [-0.4, -0.2) is 11.1 Å². The molecule has 72 heavy (non-hydrogen) atoms. The third-order valence-electron chi connectivity index (χ3n) is 24.7. The third kappa shape index (κ3) is 1.49. The van der Waals surface area contributed by atoms with Crippen molar-refractivity contribution in [2.75, 3.05) is 0 Å². The monoisotopic (exact) mass is 884 g/mol. The van der Waals surface area contributed by atoms with Crippen molar-refractivity contribution in [1.82, 2.24) is 0 Å². The van der Waals surface area contributed by atoms with Crippen LogP contribution in [0.3, 0.4) is 0 Å². The van der Waals surface area contributed by atoms with Gasteiger partial charge in [-0.05, 0) is 302 Å². The largest absolute Gasteiger partial charge is 0.442 e. The van der Waals surface area contributed by atoms with E-state index in [1.807, 2.05) is 36.4 Å². The van der Waals surface area contributed by atoms with Crippen molar-refractivity contribution >= 4 is 303 Å². The van der Waals surface area contributed by atoms with Crippen LogP contribution in [0.15, 0.2) is 36.4 Å². The standard InChI is InChI=1S/C69H8O3/c70-9(7-6-8-4-2-1-3-5-8)72-69-66-60-54-44-32-24-16-12-10-11-14-18(16)26(32)36-30-22(14)23-15(11)19-17-13(10)21-20(12)28-34(24)42-48-38(28)39-29(21)35-25(17)33-27(19)37-31(23)41-40(30)52(46(36)54)62(66)63-53(41)47(37)55-45(33)51-43(35)49(39)57-56(48)64(58(60)50(42)44)68(69,71)65(57)59(51)61(55)67(63)69/h1-7,71H/b7-6+. The van der Waals surface area contributed by atoms with Crippen LogP contribution in [0.25, 0.3) is 297 Å². The van der Waals surface area contributed by atoms with Crippen molar-refractivity contribution in [3.05, 3.63) is 64.2 Å². The predicted molar refractivity (Wildman–Crippen MR) is 298 cm³/mol. The molecule has 0 bridgehead atoms. The molecule has 33 rings (SSSR count). The zero-order chi connectivity index (χ0) is 43.3. The Labute approximate surface area is 390 Å². The van der Waals surface area contributed by atoms with Crippen molar-refractivity contribution in [3.63, 3.8) is 0 Å². The second-order valence-corrected chi connectivity index (χ2v) is 25.3. The average molecular weight is 885 g/mol. The average Bonchev–Trinajstić information content (AvgIpc) is 4.32. The van der Waals surface area contributed by atoms with Crippen LogP contribution < -0.4 is 0 Å². The molecule has 0 aliphatic heterocycles. The lowest BCUT2D eigenvalue weighted by molar-refractivity contribution is -0.175. The highest BCUT2D eigenvalue weighted by Gasteiger charge is 2.72. The Bertz CT molecular complexity index is 7270. The highest BCUT2D eigenvalue weighted by molar-refractivity contribution is 6.82. The number of carbonyl (C=O) groups is 1. The highest BCUT2D eigenvalue weighted by Crippen LogP contribution is 2.84. The first-order valence-electron chi connectivity index (χ1n) is 26.2. The maximum absolute atomic E-state index is 15.8. The summed E-state index contributed by atoms with van der Waals surface area (Å²) in [6, 6.07) is 10.2. The minimum Gasteiger partial charge on any atom is -0.442 e. The highest BCUT2D eigenvalue weighted by atomic mass is 16.6. The number of rotatable bonds is 3. The molecule has 4 aliphatic carbocycles. The van der Waals surface area contributed by atoms with Crippen LogP contribution >= 0.6 is 0 Å². The maximum Gasteiger partial charge on any atom is 0.332 e. The lowest BCUT2D eigenvalue weighted by Crippen LogP contribution is -2.54. The van der Waals surface area contributed by atoms with Gasteiger partial charge >= 0.3 is 5.97 Å². The van der Waals surface area contributed by atoms with E-state index in [0.717, 1.165) is 27.8 Å². The van der Waals surface area contributed by atoms with Crippen LogP contribution in [0.4, 0.5) is 0 Å². The smallest absolute Gasteiger partial charge is 0.332 e. The minimum atomic E-state index is -1.69. The SMILES string of the molecule is O=C(/C=C/c1ccccc1)OC12c3c4c5c6c7c8c(c9c%10c1c1c3c3c%11c4c4c5c5c7c7c%12c8c8c9c9c%10c%10c1c1c3c3c%11c%11c4c4c5c7c5c7c%12c8c8c9c9c%10c1c1c3c3c%11c4c5c4c7c8c9c1c34)C62O. The zero-order valence-electron chi connectivity index (χ0n) is 36.3. The zero-order valence-corrected chi connectivity index (χ0v) is 36.3. The molecule has 0 radical (unpaired) electrons. The summed E-state index contributed by atoms with van der Waals surface area (Å²) >= 11 is 0. The second-order valence-electron chi connectivity index (χ2n) is 25.3. The van der Waals surface area contributed by atoms with Crippen LogP contribution in [0.5, 0.6) is 0 Å². The van der Waals surface area contributed by atoms with Crippen molar-refractivity contribution in [2.45, 2.75) is 11.2 Å². The Morgan fingerprint density at radius 1 is 0.292 bits per heavy atom. The number of hydrogen-bond acceptors (Lipinski definition) is 3. The number of ether oxygens (including phenoxy) is 1. The number of carbonyl (C=O) groups excluding carboxylic acids is 1. The lowest BCUT2D eigenvalue weighted by Gasteiger charge is -2.49. The molecule has 3 nitrogen and oxygen atoms in total. The van der Waals surface area contributed by atoms with Crippen LogP contribution in [0.1, 0.15) is 27.8 Å². The van der Waals surface area contributed by atoms with E-state index in [9.17, 15) is 0 Å². The van der Waals surface area contributed by atoms with Gasteiger partial charge in [0.15, 0.2) is 5.60 Å². The molecule has 302 valence electrons. The molecule has 0 atom stereocenters. The molecule has 0 saturated heterocycles. The molecule has 0 aromatic heterocycles. The van der Waals surface area contributed by atoms with Crippen LogP contribution in [0, 0.1) is 0 Å². The van der Waals surface area contributed by atoms with Gasteiger partial charge in [-0.25, -0.2) is 4.79 Å². The summed E-state index contributed by atoms with van der Waals surface area (Å²) < 4.78 is 7.83. The molecule has 29 aromatic rings. The molecule has 0 heterocycles. The summed E-state index contributed by atoms with van der Waals surface area (Å²) in [5, 5.41) is 94.2. The first kappa shape index (κ1) is 27.3. The van der Waals surface area contributed by atoms with Gasteiger partial charge in [-0.1, -0.05) is 30.3 Å². The van der Waals surface area contributed by atoms with Gasteiger partial charge in [0.25, 0.3) is 0 Å². The fourth-order valence-electron chi connectivity index (χ4n) is 24.2. The molecule has 0 fully saturated rings. The Balaban J connectivity index is 1.11. The Kier molecular flexibility index (Phi) is 2.38. The molecule has 1 N–H and O–H groups in total. The number of benzene rings is 19. The summed E-state index contributed by atoms with van der Waals surface area (Å²) in [5.41, 5.74) is 1.98. The number of esters is 1. The van der Waals surface area contributed by atoms with Gasteiger partial charge in [-0.3, -0.25) is 0 Å². The summed E-state index contributed by atoms with van der Waals surface area (Å²) in [6.45, 7) is 0. The molecular formula is C69H8O3. The van der Waals surface area contributed by atoms with Gasteiger partial charge in [-0.15, -0.1) is 0 Å². The van der Waals surface area contributed by atoms with Gasteiger partial charge in [0.2, 0.25) is 5.60 Å². The fraction of sp³-hybridized carbons (Fsp3) is 0.0290. The van der Waals surface area contributed by atoms with E-state index in [2.05, 4.69) is 0 Å². The third-order valence-corrected chi connectivity index (χ3v) is 24.7. The van der Waals surface area contributed by atoms with E-state index in [-0.39, 0.29) is 0 Å². The predicted octanol–water partition coefficient (Wildman–Crippen LogP) is 17.5. The van der Waals surface area contributed by atoms with Gasteiger partial charge < -0.3 is 9.84 Å². The lowest BCUT2D eigenvalue weighted by atomic mass is 9.61.